The number of nitrogens with zero attached hydrogens (tertiary/aromatic N) is 2. The molecule has 1 N–H and O–H groups in total. The summed E-state index contributed by atoms with van der Waals surface area (Å²) in [5, 5.41) is 13.9. The number of aliphatic hydroxyl groups is 1. The van der Waals surface area contributed by atoms with Gasteiger partial charge in [-0.3, -0.25) is 4.79 Å². The molecule has 0 spiro atoms. The van der Waals surface area contributed by atoms with Gasteiger partial charge in [-0.25, -0.2) is 0 Å². The lowest BCUT2D eigenvalue weighted by Crippen LogP contribution is -2.34. The second-order valence-corrected chi connectivity index (χ2v) is 5.62. The molecule has 98 valence electrons. The number of amides is 1. The van der Waals surface area contributed by atoms with E-state index in [1.54, 1.807) is 11.8 Å². The van der Waals surface area contributed by atoms with Crippen LogP contribution in [0.5, 0.6) is 0 Å². The van der Waals surface area contributed by atoms with Crippen LogP contribution in [0.25, 0.3) is 0 Å². The Bertz CT molecular complexity index is 479. The minimum Gasteiger partial charge on any atom is -0.388 e. The van der Waals surface area contributed by atoms with Crippen LogP contribution in [0.2, 0.25) is 0 Å². The van der Waals surface area contributed by atoms with Crippen LogP contribution in [0.4, 0.5) is 0 Å². The number of hydrogen-bond acceptors (Lipinski definition) is 4. The largest absolute Gasteiger partial charge is 0.388 e. The van der Waals surface area contributed by atoms with Crippen molar-refractivity contribution in [3.8, 4) is 0 Å². The smallest absolute Gasteiger partial charge is 0.292 e. The molecule has 1 amide bonds. The summed E-state index contributed by atoms with van der Waals surface area (Å²) in [6, 6.07) is 0. The van der Waals surface area contributed by atoms with Crippen molar-refractivity contribution in [1.82, 2.24) is 10.1 Å². The summed E-state index contributed by atoms with van der Waals surface area (Å²) in [6.07, 6.45) is 4.61. The Morgan fingerprint density at radius 2 is 2.22 bits per heavy atom. The van der Waals surface area contributed by atoms with Gasteiger partial charge in [-0.15, -0.1) is 0 Å². The lowest BCUT2D eigenvalue weighted by atomic mass is 9.96. The molecule has 1 fully saturated rings. The fraction of sp³-hybridized carbons (Fsp3) is 0.692. The highest BCUT2D eigenvalue weighted by atomic mass is 16.5. The van der Waals surface area contributed by atoms with Crippen LogP contribution in [0.1, 0.15) is 48.0 Å². The Morgan fingerprint density at radius 3 is 2.94 bits per heavy atom. The molecule has 18 heavy (non-hydrogen) atoms. The highest BCUT2D eigenvalue weighted by Crippen LogP contribution is 2.27. The Balaban J connectivity index is 1.83. The van der Waals surface area contributed by atoms with E-state index in [1.807, 2.05) is 0 Å². The molecule has 0 saturated carbocycles. The molecule has 5 heteroatoms. The highest BCUT2D eigenvalue weighted by molar-refractivity contribution is 5.93. The molecule has 1 unspecified atom stereocenters. The van der Waals surface area contributed by atoms with Crippen LogP contribution in [0, 0.1) is 0 Å². The molecule has 1 atom stereocenters. The van der Waals surface area contributed by atoms with E-state index in [9.17, 15) is 9.90 Å². The van der Waals surface area contributed by atoms with Crippen molar-refractivity contribution in [1.29, 1.82) is 0 Å². The van der Waals surface area contributed by atoms with Crippen LogP contribution in [-0.2, 0) is 12.8 Å². The van der Waals surface area contributed by atoms with Gasteiger partial charge in [0.25, 0.3) is 5.91 Å². The van der Waals surface area contributed by atoms with Crippen LogP contribution >= 0.6 is 0 Å². The van der Waals surface area contributed by atoms with Gasteiger partial charge in [0.15, 0.2) is 0 Å². The molecule has 1 aromatic rings. The second-order valence-electron chi connectivity index (χ2n) is 5.62. The number of rotatable bonds is 1. The maximum absolute atomic E-state index is 12.3. The minimum absolute atomic E-state index is 0.122. The topological polar surface area (TPSA) is 66.6 Å². The van der Waals surface area contributed by atoms with Crippen molar-refractivity contribution in [3.05, 3.63) is 17.0 Å². The van der Waals surface area contributed by atoms with Crippen molar-refractivity contribution in [3.63, 3.8) is 0 Å². The zero-order valence-electron chi connectivity index (χ0n) is 10.6. The number of aryl methyl sites for hydroxylation is 1. The Hall–Kier alpha value is -1.36. The molecule has 1 aliphatic carbocycles. The van der Waals surface area contributed by atoms with Gasteiger partial charge in [0, 0.05) is 18.7 Å². The van der Waals surface area contributed by atoms with Crippen LogP contribution in [0.15, 0.2) is 4.52 Å². The first-order valence-corrected chi connectivity index (χ1v) is 6.56. The molecule has 0 radical (unpaired) electrons. The zero-order valence-corrected chi connectivity index (χ0v) is 10.6. The van der Waals surface area contributed by atoms with E-state index in [4.69, 9.17) is 4.52 Å². The van der Waals surface area contributed by atoms with E-state index >= 15 is 0 Å². The van der Waals surface area contributed by atoms with E-state index < -0.39 is 5.60 Å². The summed E-state index contributed by atoms with van der Waals surface area (Å²) in [4.78, 5) is 14.0. The fourth-order valence-corrected chi connectivity index (χ4v) is 2.82. The number of β-amino-alcohol motifs (C(OH)–C–C–N with tert-alkyl or cyclic N) is 1. The van der Waals surface area contributed by atoms with Crippen molar-refractivity contribution < 1.29 is 14.4 Å². The number of fused-ring (bicyclic) bond motifs is 1. The van der Waals surface area contributed by atoms with Crippen molar-refractivity contribution in [2.75, 3.05) is 13.1 Å². The zero-order chi connectivity index (χ0) is 12.8. The van der Waals surface area contributed by atoms with Crippen LogP contribution in [0.3, 0.4) is 0 Å². The third kappa shape index (κ3) is 1.92. The summed E-state index contributed by atoms with van der Waals surface area (Å²) >= 11 is 0. The molecule has 1 aromatic heterocycles. The summed E-state index contributed by atoms with van der Waals surface area (Å²) in [5.41, 5.74) is 1.16. The molecular weight excluding hydrogens is 232 g/mol. The number of aromatic nitrogens is 1. The summed E-state index contributed by atoms with van der Waals surface area (Å²) in [7, 11) is 0. The van der Waals surface area contributed by atoms with Gasteiger partial charge in [-0.2, -0.15) is 0 Å². The number of carbonyl (C=O) groups is 1. The van der Waals surface area contributed by atoms with E-state index in [2.05, 4.69) is 5.16 Å². The lowest BCUT2D eigenvalue weighted by Gasteiger charge is -2.18. The Kier molecular flexibility index (Phi) is 2.66. The maximum Gasteiger partial charge on any atom is 0.292 e. The van der Waals surface area contributed by atoms with Gasteiger partial charge >= 0.3 is 0 Å². The van der Waals surface area contributed by atoms with Gasteiger partial charge in [-0.05, 0) is 39.0 Å². The summed E-state index contributed by atoms with van der Waals surface area (Å²) < 4.78 is 5.24. The SMILES string of the molecule is CC1(O)CCN(C(=O)c2onc3c2CCCC3)C1. The molecule has 5 nitrogen and oxygen atoms in total. The first-order chi connectivity index (χ1) is 8.57. The molecule has 2 heterocycles. The summed E-state index contributed by atoms with van der Waals surface area (Å²) in [6.45, 7) is 2.72. The normalized spacial score (nSPS) is 27.3. The minimum atomic E-state index is -0.768. The highest BCUT2D eigenvalue weighted by Gasteiger charge is 2.37. The molecule has 2 aliphatic rings. The van der Waals surface area contributed by atoms with E-state index in [0.29, 0.717) is 25.3 Å². The first kappa shape index (κ1) is 11.7. The number of hydrogen-bond donors (Lipinski definition) is 1. The van der Waals surface area contributed by atoms with Gasteiger partial charge in [0.1, 0.15) is 0 Å². The number of likely N-dealkylation sites (tertiary alicyclic amines) is 1. The molecule has 1 aliphatic heterocycles. The molecule has 1 saturated heterocycles. The van der Waals surface area contributed by atoms with Gasteiger partial charge in [0.05, 0.1) is 11.3 Å². The van der Waals surface area contributed by atoms with Crippen molar-refractivity contribution in [2.45, 2.75) is 44.6 Å². The van der Waals surface area contributed by atoms with Crippen molar-refractivity contribution in [2.24, 2.45) is 0 Å². The maximum atomic E-state index is 12.3. The predicted molar refractivity (Wildman–Crippen MR) is 64.3 cm³/mol. The second kappa shape index (κ2) is 4.09. The quantitative estimate of drug-likeness (QED) is 0.812. The van der Waals surface area contributed by atoms with E-state index in [1.165, 1.54) is 0 Å². The van der Waals surface area contributed by atoms with E-state index in [0.717, 1.165) is 36.9 Å². The third-order valence-corrected chi connectivity index (χ3v) is 3.89. The summed E-state index contributed by atoms with van der Waals surface area (Å²) in [5.74, 6) is 0.269. The molecule has 0 aromatic carbocycles. The first-order valence-electron chi connectivity index (χ1n) is 6.56. The van der Waals surface area contributed by atoms with Gasteiger partial charge in [0.2, 0.25) is 5.76 Å². The molecule has 3 rings (SSSR count). The Morgan fingerprint density at radius 1 is 1.44 bits per heavy atom. The van der Waals surface area contributed by atoms with Gasteiger partial charge < -0.3 is 14.5 Å². The standard InChI is InChI=1S/C13H18N2O3/c1-13(17)6-7-15(8-13)12(16)11-9-4-2-3-5-10(9)14-18-11/h17H,2-8H2,1H3. The number of carbonyl (C=O) groups excluding carboxylic acids is 1. The average Bonchev–Trinajstić information content (AvgIpc) is 2.91. The Labute approximate surface area is 106 Å². The predicted octanol–water partition coefficient (Wildman–Crippen LogP) is 1.15. The van der Waals surface area contributed by atoms with Crippen molar-refractivity contribution >= 4 is 5.91 Å². The van der Waals surface area contributed by atoms with Crippen LogP contribution in [-0.4, -0.2) is 39.8 Å². The fourth-order valence-electron chi connectivity index (χ4n) is 2.82. The monoisotopic (exact) mass is 250 g/mol. The molecular formula is C13H18N2O3. The van der Waals surface area contributed by atoms with Gasteiger partial charge in [-0.1, -0.05) is 5.16 Å². The molecule has 0 bridgehead atoms. The van der Waals surface area contributed by atoms with Crippen LogP contribution < -0.4 is 0 Å². The third-order valence-electron chi connectivity index (χ3n) is 3.89. The lowest BCUT2D eigenvalue weighted by molar-refractivity contribution is 0.0548. The van der Waals surface area contributed by atoms with E-state index in [-0.39, 0.29) is 5.91 Å². The average molecular weight is 250 g/mol.